The van der Waals surface area contributed by atoms with Crippen molar-refractivity contribution >= 4 is 40.5 Å². The second kappa shape index (κ2) is 11.1. The molecule has 3 aromatic carbocycles. The molecule has 10 nitrogen and oxygen atoms in total. The average Bonchev–Trinajstić information content (AvgIpc) is 3.40. The van der Waals surface area contributed by atoms with Gasteiger partial charge in [0.2, 0.25) is 0 Å². The molecular weight excluding hydrogens is 554 g/mol. The second-order valence-electron chi connectivity index (χ2n) is 10.2. The van der Waals surface area contributed by atoms with Gasteiger partial charge in [-0.2, -0.15) is 9.78 Å². The number of nitrogens with zero attached hydrogens (tertiary/aromatic N) is 6. The lowest BCUT2D eigenvalue weighted by molar-refractivity contribution is 0.0600. The first-order chi connectivity index (χ1) is 21.6. The molecule has 2 aromatic heterocycles. The van der Waals surface area contributed by atoms with Crippen molar-refractivity contribution < 1.29 is 14.3 Å². The number of benzene rings is 3. The molecule has 0 saturated heterocycles. The summed E-state index contributed by atoms with van der Waals surface area (Å²) in [7, 11) is 1.38. The minimum atomic E-state index is -0.391. The minimum Gasteiger partial charge on any atom is -0.492 e. The summed E-state index contributed by atoms with van der Waals surface area (Å²) in [5.74, 6) is 2.80. The zero-order valence-corrected chi connectivity index (χ0v) is 24.4. The Labute approximate surface area is 254 Å². The van der Waals surface area contributed by atoms with Crippen LogP contribution in [0.25, 0.3) is 5.82 Å². The number of carbonyl (C=O) groups excluding carboxylic acids is 1. The van der Waals surface area contributed by atoms with Crippen LogP contribution in [-0.2, 0) is 4.74 Å². The third-order valence-electron chi connectivity index (χ3n) is 7.59. The number of hydrogen-bond donors (Lipinski definition) is 1. The zero-order valence-electron chi connectivity index (χ0n) is 24.4. The van der Waals surface area contributed by atoms with E-state index in [1.165, 1.54) is 7.11 Å². The van der Waals surface area contributed by atoms with Gasteiger partial charge >= 0.3 is 5.97 Å². The molecular formula is C34H29N7O3. The molecule has 1 atom stereocenters. The molecule has 10 heteroatoms. The highest BCUT2D eigenvalue weighted by Crippen LogP contribution is 2.48. The summed E-state index contributed by atoms with van der Waals surface area (Å²) in [4.78, 5) is 29.3. The van der Waals surface area contributed by atoms with Gasteiger partial charge in [0.15, 0.2) is 23.3 Å². The number of esters is 1. The summed E-state index contributed by atoms with van der Waals surface area (Å²) < 4.78 is 12.7. The van der Waals surface area contributed by atoms with Gasteiger partial charge in [0.05, 0.1) is 48.1 Å². The molecule has 218 valence electrons. The van der Waals surface area contributed by atoms with E-state index in [9.17, 15) is 4.79 Å². The van der Waals surface area contributed by atoms with Crippen LogP contribution in [-0.4, -0.2) is 46.1 Å². The predicted molar refractivity (Wildman–Crippen MR) is 170 cm³/mol. The van der Waals surface area contributed by atoms with E-state index >= 15 is 0 Å². The Balaban J connectivity index is 1.46. The van der Waals surface area contributed by atoms with Gasteiger partial charge in [-0.3, -0.25) is 0 Å². The fourth-order valence-corrected chi connectivity index (χ4v) is 5.65. The molecule has 0 bridgehead atoms. The number of aromatic nitrogens is 3. The maximum Gasteiger partial charge on any atom is 0.337 e. The summed E-state index contributed by atoms with van der Waals surface area (Å²) in [6.07, 6.45) is 1.74. The van der Waals surface area contributed by atoms with E-state index in [1.807, 2.05) is 92.7 Å². The standard InChI is InChI=1S/C34H29N7O3/c1-4-44-27-14-8-6-12-25(27)37-31-33-38-32-29(21(2)39-41(32)28-15-9-10-20-35-28)30(22-16-18-23(19-17-22)34(42)43-3)40(33)26-13-7-5-11-24(26)36-31/h5-20,30H,4H2,1-3H3,(H,36,37). The van der Waals surface area contributed by atoms with Gasteiger partial charge < -0.3 is 19.7 Å². The molecule has 2 aliphatic rings. The van der Waals surface area contributed by atoms with E-state index < -0.39 is 5.97 Å². The fraction of sp³-hybridized carbons (Fsp3) is 0.147. The van der Waals surface area contributed by atoms with Crippen LogP contribution >= 0.6 is 0 Å². The topological polar surface area (TPSA) is 106 Å². The molecule has 0 amide bonds. The number of ether oxygens (including phenoxy) is 2. The third-order valence-corrected chi connectivity index (χ3v) is 7.59. The summed E-state index contributed by atoms with van der Waals surface area (Å²) in [5.41, 5.74) is 5.61. The van der Waals surface area contributed by atoms with Crippen LogP contribution in [0.1, 0.15) is 40.1 Å². The number of methoxy groups -OCH3 is 1. The predicted octanol–water partition coefficient (Wildman–Crippen LogP) is 6.56. The van der Waals surface area contributed by atoms with Gasteiger partial charge in [-0.25, -0.2) is 19.8 Å². The number of anilines is 2. The Kier molecular flexibility index (Phi) is 6.86. The maximum absolute atomic E-state index is 12.3. The van der Waals surface area contributed by atoms with E-state index in [2.05, 4.69) is 15.2 Å². The lowest BCUT2D eigenvalue weighted by Gasteiger charge is -2.40. The van der Waals surface area contributed by atoms with E-state index in [0.717, 1.165) is 33.9 Å². The number of aliphatic imine (C=N–C) groups is 2. The van der Waals surface area contributed by atoms with E-state index in [1.54, 1.807) is 23.0 Å². The lowest BCUT2D eigenvalue weighted by atomic mass is 9.92. The Morgan fingerprint density at radius 1 is 0.932 bits per heavy atom. The van der Waals surface area contributed by atoms with Crippen molar-refractivity contribution in [1.82, 2.24) is 14.8 Å². The first-order valence-electron chi connectivity index (χ1n) is 14.3. The van der Waals surface area contributed by atoms with Crippen LogP contribution < -0.4 is 15.0 Å². The highest BCUT2D eigenvalue weighted by molar-refractivity contribution is 6.51. The second-order valence-corrected chi connectivity index (χ2v) is 10.2. The van der Waals surface area contributed by atoms with Gasteiger partial charge in [0, 0.05) is 11.8 Å². The van der Waals surface area contributed by atoms with Gasteiger partial charge in [0.25, 0.3) is 0 Å². The maximum atomic E-state index is 12.3. The number of hydrogen-bond acceptors (Lipinski definition) is 9. The summed E-state index contributed by atoms with van der Waals surface area (Å²) >= 11 is 0. The highest BCUT2D eigenvalue weighted by atomic mass is 16.5. The van der Waals surface area contributed by atoms with Gasteiger partial charge in [0.1, 0.15) is 5.75 Å². The molecule has 0 aliphatic carbocycles. The molecule has 0 spiro atoms. The molecule has 2 aliphatic heterocycles. The molecule has 0 saturated carbocycles. The molecule has 0 radical (unpaired) electrons. The third kappa shape index (κ3) is 4.57. The summed E-state index contributed by atoms with van der Waals surface area (Å²) in [6, 6.07) is 28.6. The van der Waals surface area contributed by atoms with Gasteiger partial charge in [-0.15, -0.1) is 0 Å². The van der Waals surface area contributed by atoms with Gasteiger partial charge in [-0.05, 0) is 67.9 Å². The molecule has 0 fully saturated rings. The fourth-order valence-electron chi connectivity index (χ4n) is 5.65. The first kappa shape index (κ1) is 27.1. The Bertz CT molecular complexity index is 1930. The summed E-state index contributed by atoms with van der Waals surface area (Å²) in [5, 5.41) is 8.45. The number of pyridine rings is 1. The van der Waals surface area contributed by atoms with Crippen molar-refractivity contribution in [3.05, 3.63) is 120 Å². The van der Waals surface area contributed by atoms with Crippen molar-refractivity contribution in [3.8, 4) is 11.6 Å². The first-order valence-corrected chi connectivity index (χ1v) is 14.3. The van der Waals surface area contributed by atoms with E-state index in [-0.39, 0.29) is 6.04 Å². The molecule has 4 heterocycles. The van der Waals surface area contributed by atoms with Crippen LogP contribution in [0.2, 0.25) is 0 Å². The SMILES string of the molecule is CCOc1ccccc1NC1=Nc2ccccc2N2C1=Nc1c(c(C)nn1-c1ccccn1)C2c1ccc(C(=O)OC)cc1. The summed E-state index contributed by atoms with van der Waals surface area (Å²) in [6.45, 7) is 4.46. The van der Waals surface area contributed by atoms with Crippen LogP contribution in [0.3, 0.4) is 0 Å². The highest BCUT2D eigenvalue weighted by Gasteiger charge is 2.41. The smallest absolute Gasteiger partial charge is 0.337 e. The van der Waals surface area contributed by atoms with E-state index in [4.69, 9.17) is 24.6 Å². The van der Waals surface area contributed by atoms with Crippen molar-refractivity contribution in [2.45, 2.75) is 19.9 Å². The average molecular weight is 584 g/mol. The molecule has 5 aromatic rings. The number of amidine groups is 2. The lowest BCUT2D eigenvalue weighted by Crippen LogP contribution is -2.46. The Morgan fingerprint density at radius 2 is 1.70 bits per heavy atom. The molecule has 7 rings (SSSR count). The number of nitrogens with one attached hydrogen (secondary N) is 1. The normalized spacial score (nSPS) is 14.9. The van der Waals surface area contributed by atoms with Crippen molar-refractivity contribution in [3.63, 3.8) is 0 Å². The largest absolute Gasteiger partial charge is 0.492 e. The number of rotatable bonds is 6. The number of aryl methyl sites for hydroxylation is 1. The van der Waals surface area contributed by atoms with Crippen LogP contribution in [0.4, 0.5) is 22.9 Å². The van der Waals surface area contributed by atoms with Crippen LogP contribution in [0.5, 0.6) is 5.75 Å². The van der Waals surface area contributed by atoms with Gasteiger partial charge in [-0.1, -0.05) is 42.5 Å². The number of carbonyl (C=O) groups is 1. The minimum absolute atomic E-state index is 0.350. The van der Waals surface area contributed by atoms with Crippen molar-refractivity contribution in [2.75, 3.05) is 23.9 Å². The molecule has 1 N–H and O–H groups in total. The number of para-hydroxylation sites is 4. The molecule has 1 unspecified atom stereocenters. The Morgan fingerprint density at radius 3 is 2.48 bits per heavy atom. The number of fused-ring (bicyclic) bond motifs is 4. The Hall–Kier alpha value is -5.77. The quantitative estimate of drug-likeness (QED) is 0.226. The van der Waals surface area contributed by atoms with Crippen molar-refractivity contribution in [2.24, 2.45) is 9.98 Å². The van der Waals surface area contributed by atoms with E-state index in [0.29, 0.717) is 41.2 Å². The van der Waals surface area contributed by atoms with Crippen LogP contribution in [0.15, 0.2) is 107 Å². The zero-order chi connectivity index (χ0) is 30.2. The van der Waals surface area contributed by atoms with Crippen molar-refractivity contribution in [1.29, 1.82) is 0 Å². The molecule has 44 heavy (non-hydrogen) atoms. The van der Waals surface area contributed by atoms with Crippen LogP contribution in [0, 0.1) is 6.92 Å². The monoisotopic (exact) mass is 583 g/mol.